The van der Waals surface area contributed by atoms with Crippen LogP contribution in [0.2, 0.25) is 0 Å². The molecule has 0 aliphatic heterocycles. The van der Waals surface area contributed by atoms with Crippen LogP contribution in [0.3, 0.4) is 0 Å². The molecule has 35 heavy (non-hydrogen) atoms. The number of amides is 1. The zero-order valence-corrected chi connectivity index (χ0v) is 19.3. The Balaban J connectivity index is 1.43. The van der Waals surface area contributed by atoms with Gasteiger partial charge < -0.3 is 14.8 Å². The third-order valence-electron chi connectivity index (χ3n) is 5.15. The Labute approximate surface area is 203 Å². The molecule has 0 aliphatic carbocycles. The van der Waals surface area contributed by atoms with Gasteiger partial charge in [0.05, 0.1) is 25.0 Å². The van der Waals surface area contributed by atoms with Crippen molar-refractivity contribution in [3.8, 4) is 17.0 Å². The number of nitrogens with one attached hydrogen (secondary N) is 1. The van der Waals surface area contributed by atoms with Crippen LogP contribution >= 0.6 is 0 Å². The number of methoxy groups -OCH3 is 1. The standard InChI is InChI=1S/C28H25N3O4/c1-34-25-15-9-8-14-24(25)29-26(32)20-35-27(33)17-16-23-19-31(18-21-10-4-2-5-11-21)30-28(23)22-12-6-3-7-13-22/h2-17,19H,18,20H2,1H3,(H,29,32)/b17-16+. The van der Waals surface area contributed by atoms with Crippen LogP contribution in [0.25, 0.3) is 17.3 Å². The first-order chi connectivity index (χ1) is 17.1. The number of rotatable bonds is 9. The second-order valence-corrected chi connectivity index (χ2v) is 7.67. The molecule has 0 radical (unpaired) electrons. The maximum atomic E-state index is 12.3. The second-order valence-electron chi connectivity index (χ2n) is 7.67. The summed E-state index contributed by atoms with van der Waals surface area (Å²) in [6, 6.07) is 26.8. The number of esters is 1. The molecule has 0 unspecified atom stereocenters. The van der Waals surface area contributed by atoms with Crippen LogP contribution in [-0.4, -0.2) is 35.4 Å². The quantitative estimate of drug-likeness (QED) is 0.282. The van der Waals surface area contributed by atoms with Crippen LogP contribution in [0, 0.1) is 0 Å². The summed E-state index contributed by atoms with van der Waals surface area (Å²) in [4.78, 5) is 24.5. The summed E-state index contributed by atoms with van der Waals surface area (Å²) < 4.78 is 12.2. The summed E-state index contributed by atoms with van der Waals surface area (Å²) in [5.74, 6) is -0.570. The van der Waals surface area contributed by atoms with Crippen molar-refractivity contribution in [3.05, 3.63) is 108 Å². The van der Waals surface area contributed by atoms with E-state index in [0.29, 0.717) is 18.0 Å². The molecule has 0 saturated carbocycles. The third kappa shape index (κ3) is 6.45. The zero-order chi connectivity index (χ0) is 24.5. The Morgan fingerprint density at radius 1 is 0.943 bits per heavy atom. The van der Waals surface area contributed by atoms with E-state index in [-0.39, 0.29) is 0 Å². The van der Waals surface area contributed by atoms with Crippen molar-refractivity contribution >= 4 is 23.6 Å². The minimum absolute atomic E-state index is 0.417. The number of carbonyl (C=O) groups excluding carboxylic acids is 2. The van der Waals surface area contributed by atoms with Gasteiger partial charge in [0.2, 0.25) is 0 Å². The van der Waals surface area contributed by atoms with Gasteiger partial charge in [-0.1, -0.05) is 72.8 Å². The van der Waals surface area contributed by atoms with Gasteiger partial charge in [0.15, 0.2) is 6.61 Å². The highest BCUT2D eigenvalue weighted by molar-refractivity contribution is 5.95. The molecule has 7 nitrogen and oxygen atoms in total. The highest BCUT2D eigenvalue weighted by atomic mass is 16.5. The lowest BCUT2D eigenvalue weighted by molar-refractivity contribution is -0.142. The molecule has 0 aliphatic rings. The van der Waals surface area contributed by atoms with Gasteiger partial charge in [-0.3, -0.25) is 9.48 Å². The van der Waals surface area contributed by atoms with Crippen LogP contribution in [0.1, 0.15) is 11.1 Å². The topological polar surface area (TPSA) is 82.5 Å². The number of anilines is 1. The van der Waals surface area contributed by atoms with E-state index in [0.717, 1.165) is 22.4 Å². The van der Waals surface area contributed by atoms with Crippen molar-refractivity contribution in [2.75, 3.05) is 19.0 Å². The summed E-state index contributed by atoms with van der Waals surface area (Å²) in [5.41, 5.74) is 4.07. The van der Waals surface area contributed by atoms with Crippen LogP contribution in [0.4, 0.5) is 5.69 Å². The molecule has 4 aromatic rings. The molecular weight excluding hydrogens is 442 g/mol. The Hall–Kier alpha value is -4.65. The van der Waals surface area contributed by atoms with Gasteiger partial charge in [0.1, 0.15) is 5.75 Å². The first kappa shape index (κ1) is 23.5. The minimum Gasteiger partial charge on any atom is -0.495 e. The molecule has 1 amide bonds. The second kappa shape index (κ2) is 11.5. The van der Waals surface area contributed by atoms with Crippen molar-refractivity contribution in [1.29, 1.82) is 0 Å². The monoisotopic (exact) mass is 467 g/mol. The Kier molecular flexibility index (Phi) is 7.70. The van der Waals surface area contributed by atoms with Gasteiger partial charge >= 0.3 is 5.97 Å². The van der Waals surface area contributed by atoms with Gasteiger partial charge in [-0.05, 0) is 23.8 Å². The number of hydrogen-bond donors (Lipinski definition) is 1. The third-order valence-corrected chi connectivity index (χ3v) is 5.15. The first-order valence-electron chi connectivity index (χ1n) is 11.1. The smallest absolute Gasteiger partial charge is 0.331 e. The van der Waals surface area contributed by atoms with Gasteiger partial charge in [0, 0.05) is 23.4 Å². The molecule has 0 bridgehead atoms. The largest absolute Gasteiger partial charge is 0.495 e. The molecule has 1 N–H and O–H groups in total. The summed E-state index contributed by atoms with van der Waals surface area (Å²) in [5, 5.41) is 7.40. The van der Waals surface area contributed by atoms with E-state index in [1.807, 2.05) is 71.5 Å². The number of nitrogens with zero attached hydrogens (tertiary/aromatic N) is 2. The molecule has 0 fully saturated rings. The molecule has 1 heterocycles. The van der Waals surface area contributed by atoms with Gasteiger partial charge in [-0.15, -0.1) is 0 Å². The van der Waals surface area contributed by atoms with Crippen LogP contribution < -0.4 is 10.1 Å². The molecule has 4 rings (SSSR count). The lowest BCUT2D eigenvalue weighted by atomic mass is 10.1. The number of benzene rings is 3. The number of carbonyl (C=O) groups is 2. The highest BCUT2D eigenvalue weighted by Crippen LogP contribution is 2.24. The Bertz CT molecular complexity index is 1310. The molecule has 0 spiro atoms. The first-order valence-corrected chi connectivity index (χ1v) is 11.1. The van der Waals surface area contributed by atoms with Crippen molar-refractivity contribution in [1.82, 2.24) is 9.78 Å². The molecule has 3 aromatic carbocycles. The molecule has 7 heteroatoms. The van der Waals surface area contributed by atoms with Gasteiger partial charge in [-0.2, -0.15) is 5.10 Å². The Morgan fingerprint density at radius 2 is 1.63 bits per heavy atom. The van der Waals surface area contributed by atoms with E-state index in [1.54, 1.807) is 30.3 Å². The number of para-hydroxylation sites is 2. The molecule has 0 atom stereocenters. The van der Waals surface area contributed by atoms with E-state index in [1.165, 1.54) is 13.2 Å². The molecule has 0 saturated heterocycles. The fraction of sp³-hybridized carbons (Fsp3) is 0.107. The lowest BCUT2D eigenvalue weighted by Crippen LogP contribution is -2.20. The van der Waals surface area contributed by atoms with E-state index in [4.69, 9.17) is 14.6 Å². The van der Waals surface area contributed by atoms with Crippen LogP contribution in [-0.2, 0) is 20.9 Å². The van der Waals surface area contributed by atoms with Crippen LogP contribution in [0.5, 0.6) is 5.75 Å². The minimum atomic E-state index is -0.630. The fourth-order valence-electron chi connectivity index (χ4n) is 3.51. The van der Waals surface area contributed by atoms with Gasteiger partial charge in [0.25, 0.3) is 5.91 Å². The summed E-state index contributed by atoms with van der Waals surface area (Å²) >= 11 is 0. The summed E-state index contributed by atoms with van der Waals surface area (Å²) in [7, 11) is 1.52. The zero-order valence-electron chi connectivity index (χ0n) is 19.3. The molecule has 176 valence electrons. The molecule has 1 aromatic heterocycles. The van der Waals surface area contributed by atoms with Gasteiger partial charge in [-0.25, -0.2) is 4.79 Å². The summed E-state index contributed by atoms with van der Waals surface area (Å²) in [6.45, 7) is 0.183. The highest BCUT2D eigenvalue weighted by Gasteiger charge is 2.12. The lowest BCUT2D eigenvalue weighted by Gasteiger charge is -2.09. The fourth-order valence-corrected chi connectivity index (χ4v) is 3.51. The normalized spacial score (nSPS) is 10.8. The maximum absolute atomic E-state index is 12.3. The molecular formula is C28H25N3O4. The average molecular weight is 468 g/mol. The Morgan fingerprint density at radius 3 is 2.37 bits per heavy atom. The van der Waals surface area contributed by atoms with E-state index in [2.05, 4.69) is 5.32 Å². The maximum Gasteiger partial charge on any atom is 0.331 e. The van der Waals surface area contributed by atoms with Crippen molar-refractivity contribution in [2.45, 2.75) is 6.54 Å². The predicted octanol–water partition coefficient (Wildman–Crippen LogP) is 4.80. The van der Waals surface area contributed by atoms with E-state index < -0.39 is 18.5 Å². The van der Waals surface area contributed by atoms with E-state index >= 15 is 0 Å². The average Bonchev–Trinajstić information content (AvgIpc) is 3.30. The predicted molar refractivity (Wildman–Crippen MR) is 135 cm³/mol. The number of aromatic nitrogens is 2. The van der Waals surface area contributed by atoms with E-state index in [9.17, 15) is 9.59 Å². The van der Waals surface area contributed by atoms with Crippen LogP contribution in [0.15, 0.2) is 97.2 Å². The van der Waals surface area contributed by atoms with Crippen molar-refractivity contribution in [2.24, 2.45) is 0 Å². The number of ether oxygens (including phenoxy) is 2. The SMILES string of the molecule is COc1ccccc1NC(=O)COC(=O)/C=C/c1cn(Cc2ccccc2)nc1-c1ccccc1. The summed E-state index contributed by atoms with van der Waals surface area (Å²) in [6.07, 6.45) is 4.83. The van der Waals surface area contributed by atoms with Crippen molar-refractivity contribution in [3.63, 3.8) is 0 Å². The number of hydrogen-bond acceptors (Lipinski definition) is 5. The van der Waals surface area contributed by atoms with Crippen molar-refractivity contribution < 1.29 is 19.1 Å².